The van der Waals surface area contributed by atoms with Gasteiger partial charge in [-0.05, 0) is 62.4 Å². The van der Waals surface area contributed by atoms with Crippen LogP contribution in [-0.2, 0) is 17.9 Å². The fraction of sp³-hybridized carbons (Fsp3) is 0.192. The molecule has 168 valence electrons. The first kappa shape index (κ1) is 22.7. The summed E-state index contributed by atoms with van der Waals surface area (Å²) in [6.07, 6.45) is 0. The van der Waals surface area contributed by atoms with Crippen LogP contribution in [0.5, 0.6) is 0 Å². The molecule has 1 aromatic heterocycles. The van der Waals surface area contributed by atoms with E-state index in [0.717, 1.165) is 21.2 Å². The zero-order valence-corrected chi connectivity index (χ0v) is 20.1. The van der Waals surface area contributed by atoms with Gasteiger partial charge in [0, 0.05) is 21.8 Å². The average molecular weight is 505 g/mol. The van der Waals surface area contributed by atoms with Crippen LogP contribution >= 0.6 is 15.9 Å². The summed E-state index contributed by atoms with van der Waals surface area (Å²) in [5, 5.41) is 2.93. The van der Waals surface area contributed by atoms with Gasteiger partial charge in [0.05, 0.1) is 17.6 Å². The smallest absolute Gasteiger partial charge is 0.251 e. The SMILES string of the molecule is CC(C)N(C(=O)Cn1c(CNC(=O)c2ccc(Br)cc2)nc2ccccc21)c1ccccc1. The molecule has 0 fully saturated rings. The number of hydrogen-bond donors (Lipinski definition) is 1. The van der Waals surface area contributed by atoms with Crippen LogP contribution < -0.4 is 10.2 Å². The normalized spacial score (nSPS) is 11.0. The molecular weight excluding hydrogens is 480 g/mol. The number of carbonyl (C=O) groups is 2. The third-order valence-electron chi connectivity index (χ3n) is 5.36. The Labute approximate surface area is 201 Å². The van der Waals surface area contributed by atoms with E-state index in [9.17, 15) is 9.59 Å². The van der Waals surface area contributed by atoms with E-state index in [-0.39, 0.29) is 30.9 Å². The van der Waals surface area contributed by atoms with Crippen LogP contribution in [-0.4, -0.2) is 27.4 Å². The summed E-state index contributed by atoms with van der Waals surface area (Å²) in [7, 11) is 0. The van der Waals surface area contributed by atoms with E-state index < -0.39 is 0 Å². The van der Waals surface area contributed by atoms with Crippen LogP contribution in [0.25, 0.3) is 11.0 Å². The van der Waals surface area contributed by atoms with Crippen molar-refractivity contribution in [2.75, 3.05) is 4.90 Å². The zero-order valence-electron chi connectivity index (χ0n) is 18.5. The summed E-state index contributed by atoms with van der Waals surface area (Å²) < 4.78 is 2.80. The molecule has 0 aliphatic heterocycles. The van der Waals surface area contributed by atoms with Crippen LogP contribution in [0.4, 0.5) is 5.69 Å². The average Bonchev–Trinajstić information content (AvgIpc) is 3.16. The van der Waals surface area contributed by atoms with E-state index in [1.54, 1.807) is 17.0 Å². The highest BCUT2D eigenvalue weighted by Crippen LogP contribution is 2.21. The maximum atomic E-state index is 13.4. The molecule has 0 aliphatic carbocycles. The second kappa shape index (κ2) is 10.0. The molecule has 0 unspecified atom stereocenters. The van der Waals surface area contributed by atoms with Gasteiger partial charge in [0.15, 0.2) is 0 Å². The fourth-order valence-corrected chi connectivity index (χ4v) is 4.09. The van der Waals surface area contributed by atoms with Gasteiger partial charge in [-0.15, -0.1) is 0 Å². The van der Waals surface area contributed by atoms with E-state index in [2.05, 4.69) is 21.2 Å². The van der Waals surface area contributed by atoms with Crippen LogP contribution in [0, 0.1) is 0 Å². The molecule has 1 heterocycles. The Bertz CT molecular complexity index is 1270. The van der Waals surface area contributed by atoms with Crippen molar-refractivity contribution in [3.63, 3.8) is 0 Å². The molecule has 0 saturated carbocycles. The maximum absolute atomic E-state index is 13.4. The molecule has 1 N–H and O–H groups in total. The Morgan fingerprint density at radius 3 is 2.33 bits per heavy atom. The second-order valence-electron chi connectivity index (χ2n) is 7.99. The van der Waals surface area contributed by atoms with Crippen molar-refractivity contribution in [2.24, 2.45) is 0 Å². The molecule has 0 spiro atoms. The van der Waals surface area contributed by atoms with Crippen molar-refractivity contribution in [1.82, 2.24) is 14.9 Å². The summed E-state index contributed by atoms with van der Waals surface area (Å²) in [5.74, 6) is 0.396. The number of para-hydroxylation sites is 3. The second-order valence-corrected chi connectivity index (χ2v) is 8.90. The Morgan fingerprint density at radius 2 is 1.64 bits per heavy atom. The number of rotatable bonds is 7. The van der Waals surface area contributed by atoms with Crippen molar-refractivity contribution >= 4 is 44.5 Å². The molecule has 0 aliphatic rings. The van der Waals surface area contributed by atoms with E-state index >= 15 is 0 Å². The van der Waals surface area contributed by atoms with Gasteiger partial charge in [-0.1, -0.05) is 46.3 Å². The van der Waals surface area contributed by atoms with Crippen LogP contribution in [0.1, 0.15) is 30.0 Å². The van der Waals surface area contributed by atoms with Crippen molar-refractivity contribution in [1.29, 1.82) is 0 Å². The van der Waals surface area contributed by atoms with Crippen LogP contribution in [0.2, 0.25) is 0 Å². The molecule has 7 heteroatoms. The zero-order chi connectivity index (χ0) is 23.4. The van der Waals surface area contributed by atoms with Gasteiger partial charge >= 0.3 is 0 Å². The summed E-state index contributed by atoms with van der Waals surface area (Å²) in [5.41, 5.74) is 3.06. The number of nitrogens with one attached hydrogen (secondary N) is 1. The highest BCUT2D eigenvalue weighted by molar-refractivity contribution is 9.10. The third-order valence-corrected chi connectivity index (χ3v) is 5.89. The van der Waals surface area contributed by atoms with Gasteiger partial charge in [-0.25, -0.2) is 4.98 Å². The predicted molar refractivity (Wildman–Crippen MR) is 134 cm³/mol. The lowest BCUT2D eigenvalue weighted by atomic mass is 10.2. The standard InChI is InChI=1S/C26H25BrN4O2/c1-18(2)31(21-8-4-3-5-9-21)25(32)17-30-23-11-7-6-10-22(23)29-24(30)16-28-26(33)19-12-14-20(27)15-13-19/h3-15,18H,16-17H2,1-2H3,(H,28,33). The molecular formula is C26H25BrN4O2. The number of nitrogens with zero attached hydrogens (tertiary/aromatic N) is 3. The quantitative estimate of drug-likeness (QED) is 0.377. The molecule has 3 aromatic carbocycles. The van der Waals surface area contributed by atoms with Crippen LogP contribution in [0.15, 0.2) is 83.3 Å². The number of anilines is 1. The first-order valence-electron chi connectivity index (χ1n) is 10.8. The highest BCUT2D eigenvalue weighted by Gasteiger charge is 2.22. The number of halogens is 1. The first-order valence-corrected chi connectivity index (χ1v) is 11.6. The largest absolute Gasteiger partial charge is 0.345 e. The number of aromatic nitrogens is 2. The van der Waals surface area contributed by atoms with E-state index in [4.69, 9.17) is 4.98 Å². The van der Waals surface area contributed by atoms with Gasteiger partial charge < -0.3 is 14.8 Å². The van der Waals surface area contributed by atoms with Gasteiger partial charge in [0.25, 0.3) is 5.91 Å². The van der Waals surface area contributed by atoms with Gasteiger partial charge in [0.2, 0.25) is 5.91 Å². The Hall–Kier alpha value is -3.45. The molecule has 6 nitrogen and oxygen atoms in total. The Balaban J connectivity index is 1.60. The van der Waals surface area contributed by atoms with Crippen molar-refractivity contribution in [3.8, 4) is 0 Å². The lowest BCUT2D eigenvalue weighted by molar-refractivity contribution is -0.119. The molecule has 2 amide bonds. The number of imidazole rings is 1. The van der Waals surface area contributed by atoms with Gasteiger partial charge in [-0.2, -0.15) is 0 Å². The maximum Gasteiger partial charge on any atom is 0.251 e. The molecule has 4 aromatic rings. The van der Waals surface area contributed by atoms with Crippen molar-refractivity contribution in [2.45, 2.75) is 33.0 Å². The predicted octanol–water partition coefficient (Wildman–Crippen LogP) is 5.17. The minimum atomic E-state index is -0.194. The minimum Gasteiger partial charge on any atom is -0.345 e. The first-order chi connectivity index (χ1) is 15.9. The van der Waals surface area contributed by atoms with Crippen molar-refractivity contribution in [3.05, 3.63) is 94.7 Å². The minimum absolute atomic E-state index is 0.00440. The fourth-order valence-electron chi connectivity index (χ4n) is 3.83. The monoisotopic (exact) mass is 504 g/mol. The topological polar surface area (TPSA) is 67.2 Å². The number of fused-ring (bicyclic) bond motifs is 1. The summed E-state index contributed by atoms with van der Waals surface area (Å²) in [6.45, 7) is 4.33. The lowest BCUT2D eigenvalue weighted by Crippen LogP contribution is -2.39. The molecule has 0 radical (unpaired) electrons. The molecule has 33 heavy (non-hydrogen) atoms. The number of hydrogen-bond acceptors (Lipinski definition) is 3. The molecule has 0 atom stereocenters. The number of carbonyl (C=O) groups excluding carboxylic acids is 2. The van der Waals surface area contributed by atoms with Gasteiger partial charge in [-0.3, -0.25) is 9.59 Å². The summed E-state index contributed by atoms with van der Waals surface area (Å²) >= 11 is 3.38. The Kier molecular flexibility index (Phi) is 6.89. The third kappa shape index (κ3) is 5.14. The highest BCUT2D eigenvalue weighted by atomic mass is 79.9. The molecule has 0 bridgehead atoms. The van der Waals surface area contributed by atoms with Gasteiger partial charge in [0.1, 0.15) is 12.4 Å². The number of benzene rings is 3. The summed E-state index contributed by atoms with van der Waals surface area (Å²) in [4.78, 5) is 32.5. The van der Waals surface area contributed by atoms with E-state index in [1.165, 1.54) is 0 Å². The van der Waals surface area contributed by atoms with E-state index in [1.807, 2.05) is 85.1 Å². The molecule has 0 saturated heterocycles. The number of amides is 2. The molecule has 4 rings (SSSR count). The lowest BCUT2D eigenvalue weighted by Gasteiger charge is -2.27. The summed E-state index contributed by atoms with van der Waals surface area (Å²) in [6, 6.07) is 24.5. The van der Waals surface area contributed by atoms with Crippen LogP contribution in [0.3, 0.4) is 0 Å². The van der Waals surface area contributed by atoms with E-state index in [0.29, 0.717) is 11.4 Å². The Morgan fingerprint density at radius 1 is 0.970 bits per heavy atom. The van der Waals surface area contributed by atoms with Crippen molar-refractivity contribution < 1.29 is 9.59 Å².